The van der Waals surface area contributed by atoms with E-state index in [0.29, 0.717) is 5.69 Å². The van der Waals surface area contributed by atoms with Crippen LogP contribution in [-0.2, 0) is 0 Å². The predicted octanol–water partition coefficient (Wildman–Crippen LogP) is 3.30. The summed E-state index contributed by atoms with van der Waals surface area (Å²) in [6, 6.07) is 15.3. The van der Waals surface area contributed by atoms with Crippen molar-refractivity contribution in [3.05, 3.63) is 60.4 Å². The lowest BCUT2D eigenvalue weighted by atomic mass is 10.2. The highest BCUT2D eigenvalue weighted by Crippen LogP contribution is 2.19. The van der Waals surface area contributed by atoms with Gasteiger partial charge in [0.15, 0.2) is 0 Å². The molecule has 0 aliphatic rings. The number of H-pyrrole nitrogens is 2. The van der Waals surface area contributed by atoms with E-state index in [1.807, 2.05) is 48.5 Å². The molecule has 0 fully saturated rings. The van der Waals surface area contributed by atoms with Gasteiger partial charge in [0, 0.05) is 22.0 Å². The van der Waals surface area contributed by atoms with Crippen LogP contribution in [0.15, 0.2) is 54.7 Å². The summed E-state index contributed by atoms with van der Waals surface area (Å²) in [6.07, 6.45) is 1.75. The van der Waals surface area contributed by atoms with E-state index in [-0.39, 0.29) is 5.91 Å². The highest BCUT2D eigenvalue weighted by molar-refractivity contribution is 6.06. The first kappa shape index (κ1) is 11.7. The first-order chi connectivity index (χ1) is 10.3. The average Bonchev–Trinajstić information content (AvgIpc) is 3.13. The van der Waals surface area contributed by atoms with Crippen molar-refractivity contribution in [3.63, 3.8) is 0 Å². The van der Waals surface area contributed by atoms with Gasteiger partial charge in [0.05, 0.1) is 11.7 Å². The fourth-order valence-corrected chi connectivity index (χ4v) is 2.41. The van der Waals surface area contributed by atoms with Crippen LogP contribution >= 0.6 is 0 Å². The number of aromatic amines is 2. The Morgan fingerprint density at radius 2 is 1.90 bits per heavy atom. The summed E-state index contributed by atoms with van der Waals surface area (Å²) >= 11 is 0. The Bertz CT molecular complexity index is 918. The van der Waals surface area contributed by atoms with Crippen LogP contribution in [0.1, 0.15) is 10.5 Å². The van der Waals surface area contributed by atoms with Crippen molar-refractivity contribution in [2.45, 2.75) is 0 Å². The van der Waals surface area contributed by atoms with Crippen molar-refractivity contribution in [1.82, 2.24) is 15.2 Å². The van der Waals surface area contributed by atoms with Crippen LogP contribution in [-0.4, -0.2) is 21.1 Å². The number of hydrogen-bond acceptors (Lipinski definition) is 2. The van der Waals surface area contributed by atoms with Crippen molar-refractivity contribution in [2.75, 3.05) is 5.32 Å². The van der Waals surface area contributed by atoms with Gasteiger partial charge in [-0.3, -0.25) is 9.89 Å². The number of nitrogens with one attached hydrogen (secondary N) is 3. The van der Waals surface area contributed by atoms with Gasteiger partial charge in [0.1, 0.15) is 5.69 Å². The molecule has 5 nitrogen and oxygen atoms in total. The fraction of sp³-hybridized carbons (Fsp3) is 0. The number of carbonyl (C=O) groups excluding carboxylic acids is 1. The Kier molecular flexibility index (Phi) is 2.50. The first-order valence-electron chi connectivity index (χ1n) is 6.62. The minimum atomic E-state index is -0.162. The monoisotopic (exact) mass is 276 g/mol. The largest absolute Gasteiger partial charge is 0.351 e. The highest BCUT2D eigenvalue weighted by Gasteiger charge is 2.10. The lowest BCUT2D eigenvalue weighted by Crippen LogP contribution is -2.12. The molecule has 0 unspecified atom stereocenters. The van der Waals surface area contributed by atoms with Crippen LogP contribution in [0.4, 0.5) is 5.69 Å². The fourth-order valence-electron chi connectivity index (χ4n) is 2.41. The summed E-state index contributed by atoms with van der Waals surface area (Å²) in [7, 11) is 0. The maximum atomic E-state index is 12.3. The Morgan fingerprint density at radius 1 is 1.00 bits per heavy atom. The van der Waals surface area contributed by atoms with Gasteiger partial charge in [-0.2, -0.15) is 5.10 Å². The van der Waals surface area contributed by atoms with Crippen LogP contribution in [0, 0.1) is 0 Å². The molecule has 3 N–H and O–H groups in total. The van der Waals surface area contributed by atoms with E-state index in [1.165, 1.54) is 0 Å². The van der Waals surface area contributed by atoms with Gasteiger partial charge in [0.2, 0.25) is 0 Å². The molecular weight excluding hydrogens is 264 g/mol. The topological polar surface area (TPSA) is 73.6 Å². The molecule has 5 heteroatoms. The van der Waals surface area contributed by atoms with Gasteiger partial charge in [-0.05, 0) is 30.3 Å². The number of nitrogens with zero attached hydrogens (tertiary/aromatic N) is 1. The predicted molar refractivity (Wildman–Crippen MR) is 82.3 cm³/mol. The van der Waals surface area contributed by atoms with Crippen LogP contribution in [0.3, 0.4) is 0 Å². The van der Waals surface area contributed by atoms with Gasteiger partial charge in [-0.15, -0.1) is 0 Å². The van der Waals surface area contributed by atoms with Crippen LogP contribution in [0.25, 0.3) is 21.8 Å². The lowest BCUT2D eigenvalue weighted by molar-refractivity contribution is 0.102. The van der Waals surface area contributed by atoms with Crippen molar-refractivity contribution in [2.24, 2.45) is 0 Å². The Morgan fingerprint density at radius 3 is 2.81 bits per heavy atom. The number of rotatable bonds is 2. The second kappa shape index (κ2) is 4.49. The third kappa shape index (κ3) is 2.04. The summed E-state index contributed by atoms with van der Waals surface area (Å²) in [6.45, 7) is 0. The molecule has 4 aromatic rings. The molecule has 0 radical (unpaired) electrons. The second-order valence-corrected chi connectivity index (χ2v) is 4.90. The average molecular weight is 276 g/mol. The third-order valence-corrected chi connectivity index (χ3v) is 3.47. The smallest absolute Gasteiger partial charge is 0.272 e. The zero-order valence-electron chi connectivity index (χ0n) is 11.1. The Hall–Kier alpha value is -3.08. The molecule has 0 atom stereocenters. The molecule has 0 saturated heterocycles. The highest BCUT2D eigenvalue weighted by atomic mass is 16.1. The second-order valence-electron chi connectivity index (χ2n) is 4.90. The Labute approximate surface area is 120 Å². The number of para-hydroxylation sites is 1. The van der Waals surface area contributed by atoms with E-state index in [9.17, 15) is 4.79 Å². The lowest BCUT2D eigenvalue weighted by Gasteiger charge is -2.03. The zero-order valence-corrected chi connectivity index (χ0v) is 11.1. The molecule has 2 aromatic carbocycles. The van der Waals surface area contributed by atoms with Gasteiger partial charge >= 0.3 is 0 Å². The number of carbonyl (C=O) groups is 1. The maximum Gasteiger partial charge on any atom is 0.272 e. The molecule has 0 spiro atoms. The van der Waals surface area contributed by atoms with E-state index in [0.717, 1.165) is 27.5 Å². The molecule has 2 heterocycles. The van der Waals surface area contributed by atoms with E-state index in [1.54, 1.807) is 6.20 Å². The molecule has 0 aliphatic carbocycles. The summed E-state index contributed by atoms with van der Waals surface area (Å²) in [5.74, 6) is -0.162. The van der Waals surface area contributed by atoms with E-state index in [4.69, 9.17) is 0 Å². The SMILES string of the molecule is O=C(Nc1ccc2cn[nH]c2c1)c1cc2ccccc2[nH]1. The van der Waals surface area contributed by atoms with Crippen LogP contribution < -0.4 is 5.32 Å². The molecule has 2 aromatic heterocycles. The molecule has 1 amide bonds. The van der Waals surface area contributed by atoms with Crippen molar-refractivity contribution < 1.29 is 4.79 Å². The molecule has 21 heavy (non-hydrogen) atoms. The molecule has 0 saturated carbocycles. The number of hydrogen-bond donors (Lipinski definition) is 3. The molecule has 4 rings (SSSR count). The van der Waals surface area contributed by atoms with Gasteiger partial charge in [0.25, 0.3) is 5.91 Å². The van der Waals surface area contributed by atoms with Crippen molar-refractivity contribution in [3.8, 4) is 0 Å². The van der Waals surface area contributed by atoms with Crippen molar-refractivity contribution >= 4 is 33.4 Å². The quantitative estimate of drug-likeness (QED) is 0.525. The van der Waals surface area contributed by atoms with Crippen LogP contribution in [0.2, 0.25) is 0 Å². The van der Waals surface area contributed by atoms with Gasteiger partial charge in [-0.25, -0.2) is 0 Å². The number of anilines is 1. The Balaban J connectivity index is 1.64. The zero-order chi connectivity index (χ0) is 14.2. The van der Waals surface area contributed by atoms with E-state index in [2.05, 4.69) is 20.5 Å². The summed E-state index contributed by atoms with van der Waals surface area (Å²) in [5, 5.41) is 11.8. The standard InChI is InChI=1S/C16H12N4O/c21-16(15-7-10-3-1-2-4-13(10)19-15)18-12-6-5-11-9-17-20-14(11)8-12/h1-9,19H,(H,17,20)(H,18,21). The molecule has 102 valence electrons. The molecule has 0 aliphatic heterocycles. The number of amides is 1. The molecule has 0 bridgehead atoms. The summed E-state index contributed by atoms with van der Waals surface area (Å²) in [4.78, 5) is 15.4. The third-order valence-electron chi connectivity index (χ3n) is 3.47. The maximum absolute atomic E-state index is 12.3. The normalized spacial score (nSPS) is 11.0. The first-order valence-corrected chi connectivity index (χ1v) is 6.62. The van der Waals surface area contributed by atoms with Gasteiger partial charge in [-0.1, -0.05) is 18.2 Å². The summed E-state index contributed by atoms with van der Waals surface area (Å²) < 4.78 is 0. The number of fused-ring (bicyclic) bond motifs is 2. The van der Waals surface area contributed by atoms with E-state index >= 15 is 0 Å². The van der Waals surface area contributed by atoms with Crippen molar-refractivity contribution in [1.29, 1.82) is 0 Å². The van der Waals surface area contributed by atoms with Crippen LogP contribution in [0.5, 0.6) is 0 Å². The van der Waals surface area contributed by atoms with E-state index < -0.39 is 0 Å². The minimum Gasteiger partial charge on any atom is -0.351 e. The summed E-state index contributed by atoms with van der Waals surface area (Å²) in [5.41, 5.74) is 3.12. The number of aromatic nitrogens is 3. The number of benzene rings is 2. The molecular formula is C16H12N4O. The minimum absolute atomic E-state index is 0.162. The van der Waals surface area contributed by atoms with Gasteiger partial charge < -0.3 is 10.3 Å².